The third kappa shape index (κ3) is 5.96. The van der Waals surface area contributed by atoms with Crippen LogP contribution in [0.4, 0.5) is 18.9 Å². The molecule has 9 heteroatoms. The lowest BCUT2D eigenvalue weighted by Gasteiger charge is -2.14. The molecule has 1 heterocycles. The molecule has 0 saturated heterocycles. The van der Waals surface area contributed by atoms with Gasteiger partial charge in [0, 0.05) is 18.2 Å². The zero-order valence-electron chi connectivity index (χ0n) is 12.5. The molecule has 130 valence electrons. The quantitative estimate of drug-likeness (QED) is 0.426. The molecule has 1 aromatic rings. The van der Waals surface area contributed by atoms with E-state index in [1.807, 2.05) is 0 Å². The number of ether oxygens (including phenoxy) is 2. The molecule has 0 bridgehead atoms. The number of aliphatic imine (C=N–C) groups is 1. The Hall–Kier alpha value is -1.39. The van der Waals surface area contributed by atoms with Crippen molar-refractivity contribution in [2.24, 2.45) is 16.6 Å². The van der Waals surface area contributed by atoms with Gasteiger partial charge in [-0.25, -0.2) is 0 Å². The monoisotopic (exact) mass is 445 g/mol. The van der Waals surface area contributed by atoms with E-state index in [0.717, 1.165) is 13.3 Å². The molecule has 0 aromatic heterocycles. The molecule has 1 aromatic carbocycles. The standard InChI is InChI=1S/C14H18F3N3O2.HI/c1-9(14(15,16)17)8-19-13(18)20-10-3-4-11-12(7-10)22-6-2-5-21-11;/h3-4,7,9H,2,5-6,8H2,1H3,(H3,18,19,20);1H. The molecule has 0 spiro atoms. The van der Waals surface area contributed by atoms with Crippen molar-refractivity contribution in [3.05, 3.63) is 18.2 Å². The fraction of sp³-hybridized carbons (Fsp3) is 0.500. The summed E-state index contributed by atoms with van der Waals surface area (Å²) < 4.78 is 48.2. The van der Waals surface area contributed by atoms with E-state index >= 15 is 0 Å². The van der Waals surface area contributed by atoms with Crippen molar-refractivity contribution in [2.45, 2.75) is 19.5 Å². The minimum absolute atomic E-state index is 0. The van der Waals surface area contributed by atoms with Crippen LogP contribution in [0.3, 0.4) is 0 Å². The average molecular weight is 445 g/mol. The van der Waals surface area contributed by atoms with E-state index in [2.05, 4.69) is 10.3 Å². The molecule has 3 N–H and O–H groups in total. The van der Waals surface area contributed by atoms with E-state index in [1.54, 1.807) is 18.2 Å². The largest absolute Gasteiger partial charge is 0.490 e. The van der Waals surface area contributed by atoms with E-state index < -0.39 is 18.6 Å². The summed E-state index contributed by atoms with van der Waals surface area (Å²) >= 11 is 0. The van der Waals surface area contributed by atoms with Gasteiger partial charge in [0.25, 0.3) is 0 Å². The third-order valence-corrected chi connectivity index (χ3v) is 3.11. The first-order valence-corrected chi connectivity index (χ1v) is 6.89. The van der Waals surface area contributed by atoms with Crippen LogP contribution in [0.25, 0.3) is 0 Å². The molecule has 1 atom stereocenters. The summed E-state index contributed by atoms with van der Waals surface area (Å²) in [5.41, 5.74) is 6.18. The highest BCUT2D eigenvalue weighted by Crippen LogP contribution is 2.32. The molecular formula is C14H19F3IN3O2. The fourth-order valence-electron chi connectivity index (χ4n) is 1.77. The van der Waals surface area contributed by atoms with Crippen molar-refractivity contribution in [3.8, 4) is 11.5 Å². The third-order valence-electron chi connectivity index (χ3n) is 3.11. The van der Waals surface area contributed by atoms with E-state index in [1.165, 1.54) is 0 Å². The van der Waals surface area contributed by atoms with Gasteiger partial charge in [-0.05, 0) is 12.1 Å². The van der Waals surface area contributed by atoms with Gasteiger partial charge in [0.1, 0.15) is 0 Å². The van der Waals surface area contributed by atoms with Crippen LogP contribution in [0, 0.1) is 5.92 Å². The van der Waals surface area contributed by atoms with Crippen molar-refractivity contribution in [2.75, 3.05) is 25.1 Å². The van der Waals surface area contributed by atoms with Gasteiger partial charge in [0.2, 0.25) is 0 Å². The highest BCUT2D eigenvalue weighted by molar-refractivity contribution is 14.0. The van der Waals surface area contributed by atoms with Crippen LogP contribution >= 0.6 is 24.0 Å². The topological polar surface area (TPSA) is 68.9 Å². The molecule has 1 aliphatic heterocycles. The van der Waals surface area contributed by atoms with E-state index in [0.29, 0.717) is 30.4 Å². The summed E-state index contributed by atoms with van der Waals surface area (Å²) in [6.07, 6.45) is -3.49. The minimum atomic E-state index is -4.28. The smallest absolute Gasteiger partial charge is 0.393 e. The van der Waals surface area contributed by atoms with Crippen LogP contribution < -0.4 is 20.5 Å². The van der Waals surface area contributed by atoms with Gasteiger partial charge in [-0.1, -0.05) is 6.92 Å². The summed E-state index contributed by atoms with van der Waals surface area (Å²) in [4.78, 5) is 3.71. The molecule has 0 saturated carbocycles. The van der Waals surface area contributed by atoms with Crippen LogP contribution in [0.1, 0.15) is 13.3 Å². The van der Waals surface area contributed by atoms with E-state index in [4.69, 9.17) is 15.2 Å². The number of rotatable bonds is 3. The number of hydrogen-bond donors (Lipinski definition) is 2. The van der Waals surface area contributed by atoms with E-state index in [-0.39, 0.29) is 29.9 Å². The summed E-state index contributed by atoms with van der Waals surface area (Å²) in [6, 6.07) is 5.09. The average Bonchev–Trinajstić information content (AvgIpc) is 2.68. The Labute approximate surface area is 149 Å². The van der Waals surface area contributed by atoms with Gasteiger partial charge in [-0.15, -0.1) is 24.0 Å². The number of nitrogens with two attached hydrogens (primary N) is 1. The van der Waals surface area contributed by atoms with E-state index in [9.17, 15) is 13.2 Å². The Balaban J connectivity index is 0.00000264. The van der Waals surface area contributed by atoms with Crippen LogP contribution in [-0.2, 0) is 0 Å². The van der Waals surface area contributed by atoms with Crippen LogP contribution in [0.5, 0.6) is 11.5 Å². The van der Waals surface area contributed by atoms with Crippen molar-refractivity contribution >= 4 is 35.6 Å². The number of anilines is 1. The van der Waals surface area contributed by atoms with Crippen molar-refractivity contribution in [1.82, 2.24) is 0 Å². The van der Waals surface area contributed by atoms with Gasteiger partial charge in [0.05, 0.1) is 25.7 Å². The SMILES string of the molecule is CC(CN=C(N)Nc1ccc2c(c1)OCCCO2)C(F)(F)F.I. The van der Waals surface area contributed by atoms with Crippen LogP contribution in [0.2, 0.25) is 0 Å². The van der Waals surface area contributed by atoms with Gasteiger partial charge < -0.3 is 20.5 Å². The maximum atomic E-state index is 12.4. The maximum absolute atomic E-state index is 12.4. The van der Waals surface area contributed by atoms with Gasteiger partial charge in [-0.2, -0.15) is 13.2 Å². The number of nitrogens with zero attached hydrogens (tertiary/aromatic N) is 1. The summed E-state index contributed by atoms with van der Waals surface area (Å²) in [5.74, 6) is -0.426. The summed E-state index contributed by atoms with van der Waals surface area (Å²) in [6.45, 7) is 1.76. The van der Waals surface area contributed by atoms with Gasteiger partial charge in [-0.3, -0.25) is 4.99 Å². The minimum Gasteiger partial charge on any atom is -0.490 e. The lowest BCUT2D eigenvalue weighted by molar-refractivity contribution is -0.166. The second-order valence-electron chi connectivity index (χ2n) is 5.01. The van der Waals surface area contributed by atoms with Gasteiger partial charge >= 0.3 is 6.18 Å². The molecule has 5 nitrogen and oxygen atoms in total. The van der Waals surface area contributed by atoms with Crippen molar-refractivity contribution in [1.29, 1.82) is 0 Å². The second-order valence-corrected chi connectivity index (χ2v) is 5.01. The van der Waals surface area contributed by atoms with Crippen LogP contribution in [-0.4, -0.2) is 31.9 Å². The Morgan fingerprint density at radius 2 is 1.96 bits per heavy atom. The first-order valence-electron chi connectivity index (χ1n) is 6.89. The molecule has 1 unspecified atom stereocenters. The predicted octanol–water partition coefficient (Wildman–Crippen LogP) is 3.39. The Bertz CT molecular complexity index is 553. The number of hydrogen-bond acceptors (Lipinski definition) is 3. The molecule has 0 aliphatic carbocycles. The lowest BCUT2D eigenvalue weighted by atomic mass is 10.2. The maximum Gasteiger partial charge on any atom is 0.393 e. The predicted molar refractivity (Wildman–Crippen MR) is 92.8 cm³/mol. The normalized spacial score (nSPS) is 16.1. The molecule has 0 amide bonds. The molecular weight excluding hydrogens is 426 g/mol. The van der Waals surface area contributed by atoms with Gasteiger partial charge in [0.15, 0.2) is 17.5 Å². The summed E-state index contributed by atoms with van der Waals surface area (Å²) in [5, 5.41) is 2.74. The first kappa shape index (κ1) is 19.7. The second kappa shape index (κ2) is 8.46. The Morgan fingerprint density at radius 1 is 1.30 bits per heavy atom. The number of halogens is 4. The zero-order valence-corrected chi connectivity index (χ0v) is 14.9. The first-order chi connectivity index (χ1) is 10.4. The molecule has 0 fully saturated rings. The Morgan fingerprint density at radius 3 is 2.61 bits per heavy atom. The highest BCUT2D eigenvalue weighted by Gasteiger charge is 2.35. The highest BCUT2D eigenvalue weighted by atomic mass is 127. The molecule has 23 heavy (non-hydrogen) atoms. The molecule has 0 radical (unpaired) electrons. The van der Waals surface area contributed by atoms with Crippen molar-refractivity contribution in [3.63, 3.8) is 0 Å². The lowest BCUT2D eigenvalue weighted by Crippen LogP contribution is -2.27. The molecule has 1 aliphatic rings. The fourth-order valence-corrected chi connectivity index (χ4v) is 1.77. The van der Waals surface area contributed by atoms with Crippen LogP contribution in [0.15, 0.2) is 23.2 Å². The molecule has 2 rings (SSSR count). The summed E-state index contributed by atoms with van der Waals surface area (Å²) in [7, 11) is 0. The number of guanidine groups is 1. The number of alkyl halides is 3. The number of nitrogens with one attached hydrogen (secondary N) is 1. The van der Waals surface area contributed by atoms with Crippen molar-refractivity contribution < 1.29 is 22.6 Å². The number of fused-ring (bicyclic) bond motifs is 1. The number of benzene rings is 1. The Kier molecular flexibility index (Phi) is 7.23. The zero-order chi connectivity index (χ0) is 16.2.